The fourth-order valence-electron chi connectivity index (χ4n) is 8.44. The van der Waals surface area contributed by atoms with E-state index in [9.17, 15) is 66.3 Å². The highest BCUT2D eigenvalue weighted by molar-refractivity contribution is 7.86. The summed E-state index contributed by atoms with van der Waals surface area (Å²) in [6.07, 6.45) is 11.1. The minimum atomic E-state index is -4.89. The number of amides is 2. The van der Waals surface area contributed by atoms with Crippen LogP contribution < -0.4 is 4.90 Å². The number of benzene rings is 2. The molecule has 2 aromatic rings. The Labute approximate surface area is 379 Å². The van der Waals surface area contributed by atoms with Crippen molar-refractivity contribution in [3.8, 4) is 0 Å². The molecule has 3 N–H and O–H groups in total. The van der Waals surface area contributed by atoms with Crippen LogP contribution in [-0.4, -0.2) is 110 Å². The first kappa shape index (κ1) is 51.4. The second kappa shape index (κ2) is 20.1. The van der Waals surface area contributed by atoms with Crippen LogP contribution in [0.4, 0.5) is 11.4 Å². The van der Waals surface area contributed by atoms with E-state index in [0.717, 1.165) is 5.71 Å². The SMILES string of the molecule is CC1(C)C(/C=C/C=C/C=C2/N(CCCCS(=O)(=O)O)c3ccc(S(=O)(=O)[O-])cc3C2(C)CCCCS(=O)(=O)O)=[N+](CCCCCC(=O)ON2C(=O)CCC2=O)c2ccc(S(=O)(=O)O)cc21. The van der Waals surface area contributed by atoms with Gasteiger partial charge < -0.3 is 14.3 Å². The number of carbonyl (C=O) groups excluding carboxylic acids is 3. The van der Waals surface area contributed by atoms with Crippen molar-refractivity contribution in [1.29, 1.82) is 0 Å². The topological polar surface area (TPSA) is 290 Å². The van der Waals surface area contributed by atoms with Gasteiger partial charge in [0.05, 0.1) is 26.7 Å². The van der Waals surface area contributed by atoms with Gasteiger partial charge in [0.1, 0.15) is 16.7 Å². The lowest BCUT2D eigenvalue weighted by atomic mass is 9.77. The summed E-state index contributed by atoms with van der Waals surface area (Å²) < 4.78 is 137. The van der Waals surface area contributed by atoms with Crippen molar-refractivity contribution in [3.05, 3.63) is 83.6 Å². The summed E-state index contributed by atoms with van der Waals surface area (Å²) in [4.78, 5) is 42.0. The zero-order valence-electron chi connectivity index (χ0n) is 36.1. The zero-order valence-corrected chi connectivity index (χ0v) is 39.3. The average Bonchev–Trinajstić information content (AvgIpc) is 3.71. The van der Waals surface area contributed by atoms with E-state index in [-0.39, 0.29) is 62.8 Å². The Kier molecular flexibility index (Phi) is 15.9. The Morgan fingerprint density at radius 2 is 1.38 bits per heavy atom. The van der Waals surface area contributed by atoms with Gasteiger partial charge in [0.15, 0.2) is 5.71 Å². The van der Waals surface area contributed by atoms with Gasteiger partial charge in [0.2, 0.25) is 5.69 Å². The molecule has 1 fully saturated rings. The smallest absolute Gasteiger partial charge is 0.333 e. The maximum absolute atomic E-state index is 12.4. The Morgan fingerprint density at radius 3 is 2.00 bits per heavy atom. The minimum Gasteiger partial charge on any atom is -0.744 e. The van der Waals surface area contributed by atoms with E-state index in [1.54, 1.807) is 37.3 Å². The van der Waals surface area contributed by atoms with Gasteiger partial charge in [-0.15, -0.1) is 5.06 Å². The number of hydrogen-bond donors (Lipinski definition) is 3. The van der Waals surface area contributed by atoms with Crippen LogP contribution in [0.5, 0.6) is 0 Å². The van der Waals surface area contributed by atoms with Crippen LogP contribution in [0.15, 0.2) is 82.3 Å². The molecule has 0 bridgehead atoms. The van der Waals surface area contributed by atoms with Crippen molar-refractivity contribution in [2.75, 3.05) is 29.5 Å². The predicted octanol–water partition coefficient (Wildman–Crippen LogP) is 4.88. The summed E-state index contributed by atoms with van der Waals surface area (Å²) in [6.45, 7) is 6.23. The van der Waals surface area contributed by atoms with Crippen LogP contribution in [0.2, 0.25) is 0 Å². The molecule has 0 aromatic heterocycles. The zero-order chi connectivity index (χ0) is 48.2. The van der Waals surface area contributed by atoms with E-state index in [1.807, 2.05) is 29.4 Å². The van der Waals surface area contributed by atoms with E-state index in [1.165, 1.54) is 30.3 Å². The van der Waals surface area contributed by atoms with Gasteiger partial charge in [-0.2, -0.15) is 29.8 Å². The summed E-state index contributed by atoms with van der Waals surface area (Å²) in [5.74, 6) is -2.87. The van der Waals surface area contributed by atoms with E-state index in [0.29, 0.717) is 59.1 Å². The average molecular weight is 984 g/mol. The lowest BCUT2D eigenvalue weighted by Crippen LogP contribution is -2.31. The third-order valence-electron chi connectivity index (χ3n) is 11.7. The van der Waals surface area contributed by atoms with E-state index in [2.05, 4.69) is 0 Å². The molecular weight excluding hydrogens is 931 g/mol. The first-order valence-electron chi connectivity index (χ1n) is 20.8. The number of hydrogen-bond acceptors (Lipinski definition) is 14. The highest BCUT2D eigenvalue weighted by Crippen LogP contribution is 2.51. The molecule has 3 aliphatic heterocycles. The number of imide groups is 1. The van der Waals surface area contributed by atoms with Crippen molar-refractivity contribution < 1.29 is 75.7 Å². The number of rotatable bonds is 22. The maximum atomic E-state index is 12.4. The summed E-state index contributed by atoms with van der Waals surface area (Å²) in [6, 6.07) is 8.25. The monoisotopic (exact) mass is 983 g/mol. The first-order valence-corrected chi connectivity index (χ1v) is 26.9. The number of fused-ring (bicyclic) bond motifs is 2. The standard InChI is InChI=1S/C42H53N3O16S4/c1-41(2)32-28-30(64(55,56)57)17-19-34(32)43(24-10-5-8-16-40(48)61-45-38(46)21-22-39(45)47)36(41)14-6-4-7-15-37-42(3,23-9-12-26-62(49,50)51)33-29-31(65(58,59)60)18-20-35(33)44(37)25-11-13-27-63(52,53)54/h4,6-7,14-15,17-20,28-29H,5,8-13,16,21-27H2,1-3H3,(H3-,49,50,51,52,53,54,55,56,57,58,59,60). The highest BCUT2D eigenvalue weighted by atomic mass is 32.2. The molecular formula is C42H53N3O16S4. The number of unbranched alkanes of at least 4 members (excludes halogenated alkanes) is 4. The molecule has 0 spiro atoms. The molecule has 1 unspecified atom stereocenters. The Bertz CT molecular complexity index is 2780. The molecule has 3 heterocycles. The number of anilines is 1. The van der Waals surface area contributed by atoms with Gasteiger partial charge in [-0.05, 0) is 101 Å². The molecule has 5 rings (SSSR count). The molecule has 23 heteroatoms. The quantitative estimate of drug-likeness (QED) is 0.0466. The van der Waals surface area contributed by atoms with Crippen molar-refractivity contribution in [1.82, 2.24) is 5.06 Å². The highest BCUT2D eigenvalue weighted by Gasteiger charge is 2.45. The molecule has 0 saturated carbocycles. The Balaban J connectivity index is 1.45. The van der Waals surface area contributed by atoms with Gasteiger partial charge in [0, 0.05) is 66.7 Å². The first-order chi connectivity index (χ1) is 30.1. The van der Waals surface area contributed by atoms with Gasteiger partial charge in [-0.1, -0.05) is 24.6 Å². The van der Waals surface area contributed by atoms with Crippen LogP contribution in [-0.2, 0) is 70.5 Å². The van der Waals surface area contributed by atoms with Gasteiger partial charge in [0.25, 0.3) is 42.2 Å². The van der Waals surface area contributed by atoms with E-state index in [4.69, 9.17) is 4.84 Å². The lowest BCUT2D eigenvalue weighted by molar-refractivity contribution is -0.438. The third-order valence-corrected chi connectivity index (χ3v) is 15.0. The van der Waals surface area contributed by atoms with Crippen molar-refractivity contribution in [2.45, 2.75) is 112 Å². The van der Waals surface area contributed by atoms with Crippen molar-refractivity contribution in [2.24, 2.45) is 0 Å². The number of carbonyl (C=O) groups is 3. The Hall–Kier alpha value is -4.62. The molecule has 0 radical (unpaired) electrons. The predicted molar refractivity (Wildman–Crippen MR) is 236 cm³/mol. The normalized spacial score (nSPS) is 19.6. The summed E-state index contributed by atoms with van der Waals surface area (Å²) in [7, 11) is -18.0. The minimum absolute atomic E-state index is 0.0197. The third kappa shape index (κ3) is 12.8. The molecule has 1 atom stereocenters. The second-order valence-electron chi connectivity index (χ2n) is 16.8. The molecule has 0 aliphatic carbocycles. The molecule has 65 heavy (non-hydrogen) atoms. The van der Waals surface area contributed by atoms with Gasteiger partial charge in [-0.25, -0.2) is 13.2 Å². The van der Waals surface area contributed by atoms with Crippen LogP contribution in [0.1, 0.15) is 103 Å². The number of allylic oxidation sites excluding steroid dienone is 6. The maximum Gasteiger partial charge on any atom is 0.333 e. The molecule has 1 saturated heterocycles. The summed E-state index contributed by atoms with van der Waals surface area (Å²) >= 11 is 0. The summed E-state index contributed by atoms with van der Waals surface area (Å²) in [5, 5.41) is 0.501. The van der Waals surface area contributed by atoms with E-state index >= 15 is 0 Å². The fourth-order valence-corrected chi connectivity index (χ4v) is 10.6. The summed E-state index contributed by atoms with van der Waals surface area (Å²) in [5.41, 5.74) is 1.87. The Morgan fingerprint density at radius 1 is 0.769 bits per heavy atom. The van der Waals surface area contributed by atoms with Crippen LogP contribution in [0.3, 0.4) is 0 Å². The van der Waals surface area contributed by atoms with Crippen LogP contribution in [0.25, 0.3) is 0 Å². The van der Waals surface area contributed by atoms with Crippen LogP contribution >= 0.6 is 0 Å². The van der Waals surface area contributed by atoms with Crippen molar-refractivity contribution >= 4 is 75.3 Å². The van der Waals surface area contributed by atoms with Crippen LogP contribution in [0, 0.1) is 0 Å². The second-order valence-corrected chi connectivity index (χ2v) is 22.8. The van der Waals surface area contributed by atoms with E-state index < -0.39 is 85.5 Å². The molecule has 2 amide bonds. The fraction of sp³-hybridized carbons (Fsp3) is 0.476. The van der Waals surface area contributed by atoms with Crippen molar-refractivity contribution in [3.63, 3.8) is 0 Å². The number of hydroxylamine groups is 2. The lowest BCUT2D eigenvalue weighted by Gasteiger charge is -2.30. The molecule has 3 aliphatic rings. The molecule has 19 nitrogen and oxygen atoms in total. The molecule has 2 aromatic carbocycles. The van der Waals surface area contributed by atoms with Gasteiger partial charge in [-0.3, -0.25) is 23.2 Å². The van der Waals surface area contributed by atoms with Gasteiger partial charge >= 0.3 is 5.97 Å². The molecule has 356 valence electrons. The largest absolute Gasteiger partial charge is 0.744 e. The number of nitrogens with zero attached hydrogens (tertiary/aromatic N) is 3.